The molecule has 7 nitrogen and oxygen atoms in total. The maximum Gasteiger partial charge on any atom is 0.244 e. The molecule has 0 heterocycles. The van der Waals surface area contributed by atoms with Crippen LogP contribution in [-0.4, -0.2) is 50.0 Å². The second kappa shape index (κ2) is 13.5. The third kappa shape index (κ3) is 8.22. The number of amides is 2. The van der Waals surface area contributed by atoms with Gasteiger partial charge >= 0.3 is 0 Å². The molecule has 3 aromatic carbocycles. The van der Waals surface area contributed by atoms with Gasteiger partial charge in [0, 0.05) is 29.1 Å². The molecule has 3 aromatic rings. The van der Waals surface area contributed by atoms with Crippen LogP contribution in [0, 0.1) is 13.8 Å². The molecular weight excluding hydrogens is 569 g/mol. The van der Waals surface area contributed by atoms with Crippen LogP contribution in [0.25, 0.3) is 0 Å². The second-order valence-electron chi connectivity index (χ2n) is 10.1. The van der Waals surface area contributed by atoms with E-state index in [1.807, 2.05) is 50.2 Å². The Morgan fingerprint density at radius 2 is 1.55 bits per heavy atom. The molecule has 10 heteroatoms. The van der Waals surface area contributed by atoms with Crippen molar-refractivity contribution in [3.63, 3.8) is 0 Å². The van der Waals surface area contributed by atoms with Crippen LogP contribution in [-0.2, 0) is 32.6 Å². The number of sulfonamides is 1. The molecule has 0 radical (unpaired) electrons. The van der Waals surface area contributed by atoms with Crippen LogP contribution in [0.2, 0.25) is 10.0 Å². The van der Waals surface area contributed by atoms with Crippen molar-refractivity contribution in [1.82, 2.24) is 10.2 Å². The number of nitrogens with zero attached hydrogens (tertiary/aromatic N) is 2. The van der Waals surface area contributed by atoms with E-state index in [2.05, 4.69) is 5.32 Å². The van der Waals surface area contributed by atoms with Crippen molar-refractivity contribution in [3.8, 4) is 0 Å². The molecule has 0 saturated heterocycles. The Balaban J connectivity index is 2.12. The normalized spacial score (nSPS) is 12.2. The molecule has 3 rings (SSSR count). The number of carbonyl (C=O) groups is 2. The summed E-state index contributed by atoms with van der Waals surface area (Å²) in [5.41, 5.74) is 3.29. The van der Waals surface area contributed by atoms with E-state index in [-0.39, 0.29) is 24.9 Å². The van der Waals surface area contributed by atoms with Gasteiger partial charge < -0.3 is 10.2 Å². The highest BCUT2D eigenvalue weighted by Gasteiger charge is 2.34. The zero-order valence-electron chi connectivity index (χ0n) is 23.3. The quantitative estimate of drug-likeness (QED) is 0.312. The van der Waals surface area contributed by atoms with Gasteiger partial charge in [-0.1, -0.05) is 77.8 Å². The van der Waals surface area contributed by atoms with Gasteiger partial charge in [-0.15, -0.1) is 0 Å². The molecule has 0 aliphatic rings. The lowest BCUT2D eigenvalue weighted by Gasteiger charge is -2.34. The predicted octanol–water partition coefficient (Wildman–Crippen LogP) is 5.54. The molecule has 0 bridgehead atoms. The number of rotatable bonds is 11. The Bertz CT molecular complexity index is 1440. The smallest absolute Gasteiger partial charge is 0.244 e. The van der Waals surface area contributed by atoms with Crippen molar-refractivity contribution < 1.29 is 18.0 Å². The van der Waals surface area contributed by atoms with E-state index >= 15 is 0 Å². The van der Waals surface area contributed by atoms with Gasteiger partial charge in [0.05, 0.1) is 11.9 Å². The minimum absolute atomic E-state index is 0.0256. The number of halogens is 2. The molecular formula is C30H35Cl2N3O4S. The minimum Gasteiger partial charge on any atom is -0.352 e. The van der Waals surface area contributed by atoms with Crippen molar-refractivity contribution in [2.75, 3.05) is 17.1 Å². The molecule has 0 fully saturated rings. The molecule has 1 N–H and O–H groups in total. The fourth-order valence-corrected chi connectivity index (χ4v) is 5.98. The zero-order valence-corrected chi connectivity index (χ0v) is 25.6. The monoisotopic (exact) mass is 603 g/mol. The van der Waals surface area contributed by atoms with Crippen molar-refractivity contribution in [2.45, 2.75) is 52.7 Å². The van der Waals surface area contributed by atoms with Gasteiger partial charge in [0.2, 0.25) is 21.8 Å². The second-order valence-corrected chi connectivity index (χ2v) is 12.9. The lowest BCUT2D eigenvalue weighted by atomic mass is 10.0. The van der Waals surface area contributed by atoms with Crippen molar-refractivity contribution in [3.05, 3.63) is 99.0 Å². The van der Waals surface area contributed by atoms with Crippen molar-refractivity contribution in [1.29, 1.82) is 0 Å². The average Bonchev–Trinajstić information content (AvgIpc) is 2.86. The van der Waals surface area contributed by atoms with Crippen LogP contribution in [0.4, 0.5) is 5.69 Å². The summed E-state index contributed by atoms with van der Waals surface area (Å²) in [7, 11) is -3.86. The summed E-state index contributed by atoms with van der Waals surface area (Å²) in [6, 6.07) is 18.6. The lowest BCUT2D eigenvalue weighted by Crippen LogP contribution is -2.54. The highest BCUT2D eigenvalue weighted by Crippen LogP contribution is 2.28. The third-order valence-corrected chi connectivity index (χ3v) is 8.13. The van der Waals surface area contributed by atoms with Crippen LogP contribution < -0.4 is 9.62 Å². The van der Waals surface area contributed by atoms with Gasteiger partial charge in [0.15, 0.2) is 0 Å². The Labute approximate surface area is 247 Å². The number of aryl methyl sites for hydroxylation is 2. The zero-order chi connectivity index (χ0) is 29.6. The van der Waals surface area contributed by atoms with Gasteiger partial charge in [-0.2, -0.15) is 0 Å². The topological polar surface area (TPSA) is 86.8 Å². The molecule has 0 saturated carbocycles. The molecule has 0 unspecified atom stereocenters. The Morgan fingerprint density at radius 3 is 2.10 bits per heavy atom. The maximum atomic E-state index is 14.2. The lowest BCUT2D eigenvalue weighted by molar-refractivity contribution is -0.140. The van der Waals surface area contributed by atoms with E-state index in [1.54, 1.807) is 44.2 Å². The van der Waals surface area contributed by atoms with Crippen molar-refractivity contribution in [2.24, 2.45) is 0 Å². The SMILES string of the molecule is Cc1cccc(C)c1N(CC(=O)N(Cc1ccc(Cl)cc1Cl)[C@H](Cc1ccccc1)C(=O)NC(C)C)S(C)(=O)=O. The predicted molar refractivity (Wildman–Crippen MR) is 162 cm³/mol. The summed E-state index contributed by atoms with van der Waals surface area (Å²) < 4.78 is 27.2. The van der Waals surface area contributed by atoms with Crippen LogP contribution in [0.15, 0.2) is 66.7 Å². The molecule has 1 atom stereocenters. The van der Waals surface area contributed by atoms with E-state index in [9.17, 15) is 18.0 Å². The number of anilines is 1. The van der Waals surface area contributed by atoms with E-state index in [0.29, 0.717) is 32.4 Å². The number of para-hydroxylation sites is 1. The van der Waals surface area contributed by atoms with E-state index < -0.39 is 28.5 Å². The molecule has 40 heavy (non-hydrogen) atoms. The Morgan fingerprint density at radius 1 is 0.925 bits per heavy atom. The Kier molecular flexibility index (Phi) is 10.6. The van der Waals surface area contributed by atoms with Crippen molar-refractivity contribution >= 4 is 50.7 Å². The summed E-state index contributed by atoms with van der Waals surface area (Å²) in [5, 5.41) is 3.69. The highest BCUT2D eigenvalue weighted by atomic mass is 35.5. The molecule has 0 aliphatic heterocycles. The maximum absolute atomic E-state index is 14.2. The summed E-state index contributed by atoms with van der Waals surface area (Å²) >= 11 is 12.6. The number of hydrogen-bond acceptors (Lipinski definition) is 4. The largest absolute Gasteiger partial charge is 0.352 e. The van der Waals surface area contributed by atoms with Gasteiger partial charge in [-0.3, -0.25) is 13.9 Å². The van der Waals surface area contributed by atoms with Gasteiger partial charge in [0.1, 0.15) is 12.6 Å². The first-order valence-electron chi connectivity index (χ1n) is 12.9. The number of hydrogen-bond donors (Lipinski definition) is 1. The standard InChI is InChI=1S/C30H35Cl2N3O4S/c1-20(2)33-30(37)27(16-23-12-7-6-8-13-23)34(18-24-14-15-25(31)17-26(24)32)28(36)19-35(40(5,38)39)29-21(3)10-9-11-22(29)4/h6-15,17,20,27H,16,18-19H2,1-5H3,(H,33,37)/t27-/m1/s1. The summed E-state index contributed by atoms with van der Waals surface area (Å²) in [6.45, 7) is 6.76. The molecule has 0 aliphatic carbocycles. The van der Waals surface area contributed by atoms with Gasteiger partial charge in [-0.25, -0.2) is 8.42 Å². The molecule has 214 valence electrons. The number of carbonyl (C=O) groups excluding carboxylic acids is 2. The molecule has 0 spiro atoms. The number of benzene rings is 3. The fourth-order valence-electron chi connectivity index (χ4n) is 4.54. The summed E-state index contributed by atoms with van der Waals surface area (Å²) in [6.07, 6.45) is 1.29. The summed E-state index contributed by atoms with van der Waals surface area (Å²) in [4.78, 5) is 29.2. The average molecular weight is 605 g/mol. The Hall–Kier alpha value is -3.07. The van der Waals surface area contributed by atoms with Crippen LogP contribution in [0.3, 0.4) is 0 Å². The minimum atomic E-state index is -3.86. The van der Waals surface area contributed by atoms with Gasteiger partial charge in [-0.05, 0) is 62.1 Å². The van der Waals surface area contributed by atoms with E-state index in [0.717, 1.165) is 16.1 Å². The highest BCUT2D eigenvalue weighted by molar-refractivity contribution is 7.92. The first-order chi connectivity index (χ1) is 18.8. The summed E-state index contributed by atoms with van der Waals surface area (Å²) in [5.74, 6) is -0.894. The molecule has 0 aromatic heterocycles. The fraction of sp³-hybridized carbons (Fsp3) is 0.333. The van der Waals surface area contributed by atoms with Crippen LogP contribution in [0.1, 0.15) is 36.1 Å². The first kappa shape index (κ1) is 31.5. The number of nitrogens with one attached hydrogen (secondary N) is 1. The van der Waals surface area contributed by atoms with Crippen LogP contribution >= 0.6 is 23.2 Å². The third-order valence-electron chi connectivity index (χ3n) is 6.43. The van der Waals surface area contributed by atoms with Gasteiger partial charge in [0.25, 0.3) is 0 Å². The van der Waals surface area contributed by atoms with E-state index in [4.69, 9.17) is 23.2 Å². The first-order valence-corrected chi connectivity index (χ1v) is 15.5. The molecule has 2 amide bonds. The van der Waals surface area contributed by atoms with E-state index in [1.165, 1.54) is 4.90 Å². The van der Waals surface area contributed by atoms with Crippen LogP contribution in [0.5, 0.6) is 0 Å².